The van der Waals surface area contributed by atoms with Crippen LogP contribution in [0.1, 0.15) is 11.1 Å². The van der Waals surface area contributed by atoms with Gasteiger partial charge in [0, 0.05) is 10.8 Å². The number of thioether (sulfide) groups is 1. The van der Waals surface area contributed by atoms with Crippen LogP contribution < -0.4 is 4.90 Å². The second-order valence-corrected chi connectivity index (χ2v) is 7.13. The van der Waals surface area contributed by atoms with Crippen molar-refractivity contribution in [3.63, 3.8) is 0 Å². The van der Waals surface area contributed by atoms with Crippen molar-refractivity contribution in [2.75, 3.05) is 17.3 Å². The van der Waals surface area contributed by atoms with Crippen LogP contribution in [0.15, 0.2) is 47.4 Å². The average Bonchev–Trinajstić information content (AvgIpc) is 2.87. The fourth-order valence-corrected chi connectivity index (χ4v) is 3.75. The minimum atomic E-state index is -0.493. The van der Waals surface area contributed by atoms with Crippen molar-refractivity contribution in [2.24, 2.45) is 0 Å². The molecule has 1 heterocycles. The summed E-state index contributed by atoms with van der Waals surface area (Å²) in [4.78, 5) is 27.4. The molecule has 0 saturated carbocycles. The van der Waals surface area contributed by atoms with Crippen molar-refractivity contribution in [1.82, 2.24) is 0 Å². The molecule has 7 heteroatoms. The van der Waals surface area contributed by atoms with Crippen molar-refractivity contribution in [3.8, 4) is 0 Å². The summed E-state index contributed by atoms with van der Waals surface area (Å²) in [6, 6.07) is 10.4. The third-order valence-corrected chi connectivity index (χ3v) is 5.46. The minimum absolute atomic E-state index is 0.136. The van der Waals surface area contributed by atoms with Gasteiger partial charge < -0.3 is 5.11 Å². The number of anilines is 1. The zero-order valence-corrected chi connectivity index (χ0v) is 15.4. The lowest BCUT2D eigenvalue weighted by molar-refractivity contribution is -0.119. The lowest BCUT2D eigenvalue weighted by Gasteiger charge is -2.18. The molecule has 26 heavy (non-hydrogen) atoms. The molecular weight excluding hydrogens is 377 g/mol. The van der Waals surface area contributed by atoms with E-state index >= 15 is 0 Å². The summed E-state index contributed by atoms with van der Waals surface area (Å²) in [6.45, 7) is 1.59. The van der Waals surface area contributed by atoms with E-state index in [1.54, 1.807) is 25.1 Å². The highest BCUT2D eigenvalue weighted by atomic mass is 35.5. The van der Waals surface area contributed by atoms with Crippen molar-refractivity contribution >= 4 is 46.4 Å². The van der Waals surface area contributed by atoms with Gasteiger partial charge >= 0.3 is 0 Å². The standard InChI is InChI=1S/C19H15ClFNO3S/c1-11-14(20)3-2-4-15(11)22-18(24)16(12-5-7-13(21)8-6-12)17(19(22)25)26-10-9-23/h2-8,23H,9-10H2,1H3. The first-order valence-corrected chi connectivity index (χ1v) is 9.20. The van der Waals surface area contributed by atoms with Gasteiger partial charge in [-0.1, -0.05) is 29.8 Å². The summed E-state index contributed by atoms with van der Waals surface area (Å²) in [7, 11) is 0. The summed E-state index contributed by atoms with van der Waals surface area (Å²) in [5.74, 6) is -1.13. The van der Waals surface area contributed by atoms with Gasteiger partial charge in [-0.25, -0.2) is 9.29 Å². The van der Waals surface area contributed by atoms with Crippen molar-refractivity contribution in [2.45, 2.75) is 6.92 Å². The molecule has 1 aliphatic heterocycles. The molecule has 0 unspecified atom stereocenters. The van der Waals surface area contributed by atoms with Gasteiger partial charge in [0.15, 0.2) is 0 Å². The number of hydrogen-bond donors (Lipinski definition) is 1. The highest BCUT2D eigenvalue weighted by Crippen LogP contribution is 2.40. The van der Waals surface area contributed by atoms with E-state index in [9.17, 15) is 14.0 Å². The second kappa shape index (κ2) is 7.61. The van der Waals surface area contributed by atoms with Crippen molar-refractivity contribution in [3.05, 3.63) is 69.3 Å². The van der Waals surface area contributed by atoms with Crippen LogP contribution in [0.3, 0.4) is 0 Å². The molecule has 2 amide bonds. The fraction of sp³-hybridized carbons (Fsp3) is 0.158. The third-order valence-electron chi connectivity index (χ3n) is 3.99. The van der Waals surface area contributed by atoms with E-state index in [1.807, 2.05) is 0 Å². The van der Waals surface area contributed by atoms with Crippen LogP contribution in [0.25, 0.3) is 5.57 Å². The minimum Gasteiger partial charge on any atom is -0.396 e. The summed E-state index contributed by atoms with van der Waals surface area (Å²) >= 11 is 7.24. The molecule has 2 aromatic rings. The van der Waals surface area contributed by atoms with E-state index in [4.69, 9.17) is 16.7 Å². The topological polar surface area (TPSA) is 57.6 Å². The maximum atomic E-state index is 13.3. The van der Waals surface area contributed by atoms with E-state index < -0.39 is 17.6 Å². The number of amides is 2. The van der Waals surface area contributed by atoms with Crippen LogP contribution in [0, 0.1) is 12.7 Å². The van der Waals surface area contributed by atoms with E-state index in [2.05, 4.69) is 0 Å². The Labute approximate surface area is 159 Å². The van der Waals surface area contributed by atoms with E-state index in [0.717, 1.165) is 16.7 Å². The lowest BCUT2D eigenvalue weighted by atomic mass is 10.1. The first-order chi connectivity index (χ1) is 12.5. The number of rotatable bonds is 5. The van der Waals surface area contributed by atoms with Gasteiger partial charge in [-0.15, -0.1) is 11.8 Å². The number of nitrogens with zero attached hydrogens (tertiary/aromatic N) is 1. The van der Waals surface area contributed by atoms with Gasteiger partial charge in [-0.05, 0) is 42.3 Å². The molecule has 0 spiro atoms. The quantitative estimate of drug-likeness (QED) is 0.788. The Kier molecular flexibility index (Phi) is 5.46. The van der Waals surface area contributed by atoms with Crippen molar-refractivity contribution in [1.29, 1.82) is 0 Å². The number of aliphatic hydroxyl groups excluding tert-OH is 1. The maximum Gasteiger partial charge on any atom is 0.272 e. The number of aliphatic hydroxyl groups is 1. The van der Waals surface area contributed by atoms with Crippen LogP contribution in [-0.2, 0) is 9.59 Å². The summed E-state index contributed by atoms with van der Waals surface area (Å²) in [5.41, 5.74) is 1.68. The van der Waals surface area contributed by atoms with Crippen LogP contribution >= 0.6 is 23.4 Å². The second-order valence-electron chi connectivity index (χ2n) is 5.61. The zero-order valence-electron chi connectivity index (χ0n) is 13.8. The number of carbonyl (C=O) groups is 2. The third kappa shape index (κ3) is 3.28. The Hall–Kier alpha value is -2.15. The van der Waals surface area contributed by atoms with Gasteiger partial charge in [0.05, 0.1) is 22.8 Å². The van der Waals surface area contributed by atoms with Gasteiger partial charge in [0.1, 0.15) is 5.82 Å². The number of halogens is 2. The van der Waals surface area contributed by atoms with Gasteiger partial charge in [-0.3, -0.25) is 9.59 Å². The predicted molar refractivity (Wildman–Crippen MR) is 102 cm³/mol. The Morgan fingerprint density at radius 2 is 1.81 bits per heavy atom. The first kappa shape index (κ1) is 18.6. The van der Waals surface area contributed by atoms with Crippen LogP contribution in [0.2, 0.25) is 5.02 Å². The van der Waals surface area contributed by atoms with E-state index in [1.165, 1.54) is 24.3 Å². The number of benzene rings is 2. The molecule has 0 fully saturated rings. The van der Waals surface area contributed by atoms with Gasteiger partial charge in [0.25, 0.3) is 11.8 Å². The fourth-order valence-electron chi connectivity index (χ4n) is 2.72. The van der Waals surface area contributed by atoms with Gasteiger partial charge in [0.2, 0.25) is 0 Å². The Balaban J connectivity index is 2.11. The molecule has 0 radical (unpaired) electrons. The normalized spacial score (nSPS) is 14.5. The Morgan fingerprint density at radius 3 is 2.46 bits per heavy atom. The monoisotopic (exact) mass is 391 g/mol. The highest BCUT2D eigenvalue weighted by molar-refractivity contribution is 8.04. The molecule has 2 aromatic carbocycles. The van der Waals surface area contributed by atoms with Crippen LogP contribution in [0.4, 0.5) is 10.1 Å². The average molecular weight is 392 g/mol. The van der Waals surface area contributed by atoms with E-state index in [-0.39, 0.29) is 22.8 Å². The largest absolute Gasteiger partial charge is 0.396 e. The SMILES string of the molecule is Cc1c(Cl)cccc1N1C(=O)C(SCCO)=C(c2ccc(F)cc2)C1=O. The molecule has 0 bridgehead atoms. The maximum absolute atomic E-state index is 13.3. The molecular formula is C19H15ClFNO3S. The summed E-state index contributed by atoms with van der Waals surface area (Å²) in [5, 5.41) is 9.56. The molecule has 0 aliphatic carbocycles. The molecule has 3 rings (SSSR count). The summed E-state index contributed by atoms with van der Waals surface area (Å²) in [6.07, 6.45) is 0. The molecule has 4 nitrogen and oxygen atoms in total. The zero-order chi connectivity index (χ0) is 18.8. The van der Waals surface area contributed by atoms with Crippen molar-refractivity contribution < 1.29 is 19.1 Å². The van der Waals surface area contributed by atoms with Crippen LogP contribution in [0.5, 0.6) is 0 Å². The highest BCUT2D eigenvalue weighted by Gasteiger charge is 2.40. The molecule has 0 aromatic heterocycles. The molecule has 134 valence electrons. The molecule has 0 atom stereocenters. The smallest absolute Gasteiger partial charge is 0.272 e. The summed E-state index contributed by atoms with van der Waals surface area (Å²) < 4.78 is 13.3. The van der Waals surface area contributed by atoms with Crippen LogP contribution in [-0.4, -0.2) is 29.3 Å². The number of imide groups is 1. The lowest BCUT2D eigenvalue weighted by Crippen LogP contribution is -2.32. The Bertz CT molecular complexity index is 912. The molecule has 0 saturated heterocycles. The number of hydrogen-bond acceptors (Lipinski definition) is 4. The Morgan fingerprint density at radius 1 is 1.12 bits per heavy atom. The van der Waals surface area contributed by atoms with Gasteiger partial charge in [-0.2, -0.15) is 0 Å². The molecule has 1 N–H and O–H groups in total. The molecule has 1 aliphatic rings. The van der Waals surface area contributed by atoms with E-state index in [0.29, 0.717) is 21.8 Å². The first-order valence-electron chi connectivity index (χ1n) is 7.83. The number of carbonyl (C=O) groups excluding carboxylic acids is 2. The predicted octanol–water partition coefficient (Wildman–Crippen LogP) is 3.80.